The Labute approximate surface area is 296 Å². The lowest BCUT2D eigenvalue weighted by atomic mass is 9.93. The molecule has 50 heavy (non-hydrogen) atoms. The molecular formula is C36H41ClN8O5. The number of nitrogens with zero attached hydrogens (tertiary/aromatic N) is 7. The average molecular weight is 701 g/mol. The van der Waals surface area contributed by atoms with Crippen LogP contribution in [0, 0.1) is 24.2 Å². The Morgan fingerprint density at radius 3 is 2.70 bits per heavy atom. The number of aryl methyl sites for hydroxylation is 1. The molecule has 4 aromatic rings. The van der Waals surface area contributed by atoms with E-state index in [1.54, 1.807) is 40.1 Å². The number of nitriles is 1. The number of morpholine rings is 1. The van der Waals surface area contributed by atoms with Gasteiger partial charge in [0.2, 0.25) is 0 Å². The number of rotatable bonds is 7. The molecule has 0 saturated carbocycles. The molecule has 262 valence electrons. The van der Waals surface area contributed by atoms with Crippen molar-refractivity contribution in [2.24, 2.45) is 5.92 Å². The highest BCUT2D eigenvalue weighted by Gasteiger charge is 2.31. The fourth-order valence-electron chi connectivity index (χ4n) is 6.20. The number of carbonyl (C=O) groups is 2. The molecule has 13 nitrogen and oxygen atoms in total. The molecule has 1 aromatic carbocycles. The van der Waals surface area contributed by atoms with Crippen LogP contribution in [0.1, 0.15) is 55.6 Å². The van der Waals surface area contributed by atoms with Crippen LogP contribution in [0.5, 0.6) is 5.75 Å². The predicted molar refractivity (Wildman–Crippen MR) is 187 cm³/mol. The minimum absolute atomic E-state index is 0.115. The summed E-state index contributed by atoms with van der Waals surface area (Å²) in [4.78, 5) is 39.1. The van der Waals surface area contributed by atoms with Crippen molar-refractivity contribution in [1.82, 2.24) is 29.8 Å². The first-order valence-electron chi connectivity index (χ1n) is 16.7. The van der Waals surface area contributed by atoms with Gasteiger partial charge in [0.05, 0.1) is 65.3 Å². The average Bonchev–Trinajstić information content (AvgIpc) is 3.50. The number of aromatic nitrogens is 4. The maximum absolute atomic E-state index is 13.2. The van der Waals surface area contributed by atoms with Gasteiger partial charge in [0.15, 0.2) is 0 Å². The summed E-state index contributed by atoms with van der Waals surface area (Å²) >= 11 is 6.37. The van der Waals surface area contributed by atoms with Crippen LogP contribution >= 0.6 is 11.6 Å². The molecule has 0 radical (unpaired) electrons. The van der Waals surface area contributed by atoms with Crippen LogP contribution < -0.4 is 15.0 Å². The first kappa shape index (κ1) is 34.9. The molecule has 2 aliphatic rings. The third kappa shape index (κ3) is 7.77. The van der Waals surface area contributed by atoms with Gasteiger partial charge in [-0.05, 0) is 57.7 Å². The summed E-state index contributed by atoms with van der Waals surface area (Å²) in [6.07, 6.45) is 6.68. The van der Waals surface area contributed by atoms with Crippen LogP contribution in [0.4, 0.5) is 10.6 Å². The highest BCUT2D eigenvalue weighted by molar-refractivity contribution is 6.34. The summed E-state index contributed by atoms with van der Waals surface area (Å²) in [5.74, 6) is 1.23. The van der Waals surface area contributed by atoms with Crippen molar-refractivity contribution in [1.29, 1.82) is 5.26 Å². The topological polar surface area (TPSA) is 147 Å². The highest BCUT2D eigenvalue weighted by atomic mass is 35.5. The second kappa shape index (κ2) is 14.5. The van der Waals surface area contributed by atoms with Crippen molar-refractivity contribution in [2.75, 3.05) is 44.3 Å². The molecule has 2 amide bonds. The van der Waals surface area contributed by atoms with Gasteiger partial charge in [-0.2, -0.15) is 10.4 Å². The third-order valence-corrected chi connectivity index (χ3v) is 9.21. The molecule has 0 bridgehead atoms. The van der Waals surface area contributed by atoms with Crippen LogP contribution in [-0.2, 0) is 9.47 Å². The molecule has 0 spiro atoms. The van der Waals surface area contributed by atoms with E-state index in [2.05, 4.69) is 28.3 Å². The number of pyridine rings is 1. The van der Waals surface area contributed by atoms with Gasteiger partial charge in [-0.15, -0.1) is 0 Å². The molecule has 5 heterocycles. The molecule has 6 rings (SSSR count). The SMILES string of the molecule is Cc1cccc(Cl)c1C(=O)NC1CN(c2cnc(-c3cc(OCC4CN(C(=O)OC(C)(C)C)CCO4)cn4ncc(C#N)c34)cn2)CCC1C. The first-order chi connectivity index (χ1) is 23.9. The molecule has 2 aliphatic heterocycles. The van der Waals surface area contributed by atoms with Crippen molar-refractivity contribution >= 4 is 34.9 Å². The van der Waals surface area contributed by atoms with Crippen LogP contribution in [0.25, 0.3) is 16.8 Å². The van der Waals surface area contributed by atoms with Gasteiger partial charge in [-0.25, -0.2) is 14.3 Å². The highest BCUT2D eigenvalue weighted by Crippen LogP contribution is 2.31. The molecule has 14 heteroatoms. The predicted octanol–water partition coefficient (Wildman–Crippen LogP) is 5.28. The van der Waals surface area contributed by atoms with E-state index in [4.69, 9.17) is 35.8 Å². The molecule has 3 aromatic heterocycles. The van der Waals surface area contributed by atoms with Crippen molar-refractivity contribution < 1.29 is 23.8 Å². The van der Waals surface area contributed by atoms with E-state index in [-0.39, 0.29) is 36.7 Å². The zero-order valence-corrected chi connectivity index (χ0v) is 29.6. The summed E-state index contributed by atoms with van der Waals surface area (Å²) in [5, 5.41) is 17.8. The Hall–Kier alpha value is -4.93. The lowest BCUT2D eigenvalue weighted by Crippen LogP contribution is -2.52. The van der Waals surface area contributed by atoms with E-state index in [1.165, 1.54) is 6.20 Å². The summed E-state index contributed by atoms with van der Waals surface area (Å²) in [6.45, 7) is 12.2. The van der Waals surface area contributed by atoms with Crippen LogP contribution in [0.15, 0.2) is 49.1 Å². The Balaban J connectivity index is 1.17. The zero-order valence-electron chi connectivity index (χ0n) is 28.9. The number of halogens is 1. The number of amides is 2. The van der Waals surface area contributed by atoms with E-state index >= 15 is 0 Å². The molecule has 2 saturated heterocycles. The van der Waals surface area contributed by atoms with Crippen LogP contribution in [-0.4, -0.2) is 93.6 Å². The number of benzene rings is 1. The van der Waals surface area contributed by atoms with E-state index in [9.17, 15) is 14.9 Å². The smallest absolute Gasteiger partial charge is 0.410 e. The lowest BCUT2D eigenvalue weighted by Gasteiger charge is -2.38. The monoisotopic (exact) mass is 700 g/mol. The maximum Gasteiger partial charge on any atom is 0.410 e. The standard InChI is InChI=1S/C36H41ClN8O5/c1-22-9-10-43(20-30(22)42-34(46)32-23(2)7-6-8-28(32)37)31-17-39-29(16-40-31)27-13-25(19-45-33(27)24(14-38)15-41-45)49-21-26-18-44(11-12-48-26)35(47)50-36(3,4)5/h6-8,13,15-17,19,22,26,30H,9-12,18,20-21H2,1-5H3,(H,42,46). The van der Waals surface area contributed by atoms with E-state index in [0.29, 0.717) is 70.7 Å². The number of fused-ring (bicyclic) bond motifs is 1. The second-order valence-electron chi connectivity index (χ2n) is 13.8. The lowest BCUT2D eigenvalue weighted by molar-refractivity contribution is -0.0557. The molecular weight excluding hydrogens is 660 g/mol. The van der Waals surface area contributed by atoms with E-state index < -0.39 is 5.60 Å². The quantitative estimate of drug-likeness (QED) is 0.270. The minimum atomic E-state index is -0.593. The Kier molecular flexibility index (Phi) is 10.1. The number of piperidine rings is 1. The summed E-state index contributed by atoms with van der Waals surface area (Å²) < 4.78 is 19.2. The van der Waals surface area contributed by atoms with Gasteiger partial charge in [0, 0.05) is 31.2 Å². The van der Waals surface area contributed by atoms with Crippen molar-refractivity contribution in [3.8, 4) is 23.1 Å². The number of nitrogens with one attached hydrogen (secondary N) is 1. The number of anilines is 1. The second-order valence-corrected chi connectivity index (χ2v) is 14.2. The number of carbonyl (C=O) groups excluding carboxylic acids is 2. The van der Waals surface area contributed by atoms with Gasteiger partial charge < -0.3 is 29.3 Å². The van der Waals surface area contributed by atoms with Crippen LogP contribution in [0.2, 0.25) is 5.02 Å². The molecule has 0 aliphatic carbocycles. The normalized spacial score (nSPS) is 19.6. The largest absolute Gasteiger partial charge is 0.489 e. The van der Waals surface area contributed by atoms with Crippen molar-refractivity contribution in [2.45, 2.75) is 58.8 Å². The minimum Gasteiger partial charge on any atom is -0.489 e. The van der Waals surface area contributed by atoms with E-state index in [0.717, 1.165) is 18.5 Å². The number of hydrogen-bond acceptors (Lipinski definition) is 10. The van der Waals surface area contributed by atoms with Crippen molar-refractivity contribution in [3.63, 3.8) is 0 Å². The van der Waals surface area contributed by atoms with Gasteiger partial charge in [0.25, 0.3) is 5.91 Å². The fraction of sp³-hybridized carbons (Fsp3) is 0.444. The Morgan fingerprint density at radius 2 is 1.98 bits per heavy atom. The number of hydrogen-bond donors (Lipinski definition) is 1. The molecule has 3 atom stereocenters. The molecule has 2 fully saturated rings. The summed E-state index contributed by atoms with van der Waals surface area (Å²) in [6, 6.07) is 9.33. The fourth-order valence-corrected chi connectivity index (χ4v) is 6.51. The van der Waals surface area contributed by atoms with Gasteiger partial charge in [0.1, 0.15) is 35.9 Å². The molecule has 3 unspecified atom stereocenters. The Bertz CT molecular complexity index is 1900. The zero-order chi connectivity index (χ0) is 35.6. The summed E-state index contributed by atoms with van der Waals surface area (Å²) in [7, 11) is 0. The van der Waals surface area contributed by atoms with Gasteiger partial charge >= 0.3 is 6.09 Å². The van der Waals surface area contributed by atoms with Crippen LogP contribution in [0.3, 0.4) is 0 Å². The van der Waals surface area contributed by atoms with Gasteiger partial charge in [-0.3, -0.25) is 9.78 Å². The maximum atomic E-state index is 13.2. The van der Waals surface area contributed by atoms with E-state index in [1.807, 2.05) is 39.8 Å². The molecule has 1 N–H and O–H groups in total. The van der Waals surface area contributed by atoms with Crippen molar-refractivity contribution in [3.05, 3.63) is 70.8 Å². The third-order valence-electron chi connectivity index (χ3n) is 8.90. The summed E-state index contributed by atoms with van der Waals surface area (Å²) in [5.41, 5.74) is 2.86. The first-order valence-corrected chi connectivity index (χ1v) is 17.0. The van der Waals surface area contributed by atoms with Gasteiger partial charge in [-0.1, -0.05) is 30.7 Å². The Morgan fingerprint density at radius 1 is 1.16 bits per heavy atom. The number of ether oxygens (including phenoxy) is 3.